The number of aryl methyl sites for hydroxylation is 2. The van der Waals surface area contributed by atoms with Crippen molar-refractivity contribution in [1.29, 1.82) is 0 Å². The second-order valence-electron chi connectivity index (χ2n) is 6.52. The normalized spacial score (nSPS) is 15.4. The van der Waals surface area contributed by atoms with Gasteiger partial charge < -0.3 is 21.1 Å². The Bertz CT molecular complexity index is 735. The van der Waals surface area contributed by atoms with Crippen molar-refractivity contribution in [3.8, 4) is 5.75 Å². The number of ether oxygens (including phenoxy) is 1. The van der Waals surface area contributed by atoms with Crippen LogP contribution in [0.1, 0.15) is 16.7 Å². The predicted octanol–water partition coefficient (Wildman–Crippen LogP) is 1.59. The van der Waals surface area contributed by atoms with Gasteiger partial charge in [-0.2, -0.15) is 9.97 Å². The molecule has 7 nitrogen and oxygen atoms in total. The van der Waals surface area contributed by atoms with Crippen LogP contribution in [0.25, 0.3) is 0 Å². The molecule has 1 aliphatic heterocycles. The Labute approximate surface area is 148 Å². The third kappa shape index (κ3) is 3.93. The minimum Gasteiger partial charge on any atom is -0.496 e. The third-order valence-electron chi connectivity index (χ3n) is 4.69. The van der Waals surface area contributed by atoms with E-state index in [-0.39, 0.29) is 5.95 Å². The van der Waals surface area contributed by atoms with Gasteiger partial charge in [0.25, 0.3) is 0 Å². The van der Waals surface area contributed by atoms with Gasteiger partial charge in [-0.15, -0.1) is 0 Å². The molecule has 1 aromatic heterocycles. The summed E-state index contributed by atoms with van der Waals surface area (Å²) >= 11 is 0. The van der Waals surface area contributed by atoms with Gasteiger partial charge in [-0.1, -0.05) is 6.07 Å². The highest BCUT2D eigenvalue weighted by Crippen LogP contribution is 2.24. The van der Waals surface area contributed by atoms with Crippen molar-refractivity contribution in [3.05, 3.63) is 34.9 Å². The molecule has 0 bridgehead atoms. The fraction of sp³-hybridized carbons (Fsp3) is 0.444. The van der Waals surface area contributed by atoms with E-state index in [2.05, 4.69) is 45.7 Å². The van der Waals surface area contributed by atoms with Gasteiger partial charge in [0.1, 0.15) is 17.4 Å². The Morgan fingerprint density at radius 2 is 1.72 bits per heavy atom. The number of hydrogen-bond acceptors (Lipinski definition) is 7. The highest BCUT2D eigenvalue weighted by Gasteiger charge is 2.19. The summed E-state index contributed by atoms with van der Waals surface area (Å²) in [6.45, 7) is 8.89. The molecule has 3 rings (SSSR count). The number of aromatic nitrogens is 2. The highest BCUT2D eigenvalue weighted by atomic mass is 16.5. The van der Waals surface area contributed by atoms with Crippen LogP contribution in [-0.2, 0) is 6.54 Å². The number of rotatable bonds is 4. The number of anilines is 3. The molecule has 0 unspecified atom stereocenters. The van der Waals surface area contributed by atoms with Gasteiger partial charge in [-0.25, -0.2) is 0 Å². The maximum absolute atomic E-state index is 5.77. The van der Waals surface area contributed by atoms with Gasteiger partial charge in [0.05, 0.1) is 7.11 Å². The maximum atomic E-state index is 5.77. The van der Waals surface area contributed by atoms with Crippen molar-refractivity contribution < 1.29 is 4.74 Å². The van der Waals surface area contributed by atoms with E-state index in [4.69, 9.17) is 16.2 Å². The molecule has 25 heavy (non-hydrogen) atoms. The number of nitrogens with two attached hydrogens (primary N) is 2. The molecular weight excluding hydrogens is 316 g/mol. The number of nitrogen functional groups attached to an aromatic ring is 2. The van der Waals surface area contributed by atoms with Gasteiger partial charge in [0, 0.05) is 38.8 Å². The molecule has 0 amide bonds. The summed E-state index contributed by atoms with van der Waals surface area (Å²) < 4.78 is 5.40. The van der Waals surface area contributed by atoms with Crippen LogP contribution in [0.4, 0.5) is 17.6 Å². The van der Waals surface area contributed by atoms with Crippen LogP contribution in [0, 0.1) is 13.8 Å². The Morgan fingerprint density at radius 1 is 1.00 bits per heavy atom. The van der Waals surface area contributed by atoms with Crippen LogP contribution in [-0.4, -0.2) is 48.2 Å². The summed E-state index contributed by atoms with van der Waals surface area (Å²) in [5.41, 5.74) is 15.3. The van der Waals surface area contributed by atoms with Crippen molar-refractivity contribution in [3.63, 3.8) is 0 Å². The van der Waals surface area contributed by atoms with Crippen LogP contribution in [0.2, 0.25) is 0 Å². The van der Waals surface area contributed by atoms with E-state index in [1.807, 2.05) is 0 Å². The van der Waals surface area contributed by atoms with Crippen molar-refractivity contribution >= 4 is 17.6 Å². The third-order valence-corrected chi connectivity index (χ3v) is 4.69. The lowest BCUT2D eigenvalue weighted by Gasteiger charge is -2.35. The lowest BCUT2D eigenvalue weighted by molar-refractivity contribution is 0.248. The second-order valence-corrected chi connectivity index (χ2v) is 6.52. The van der Waals surface area contributed by atoms with Gasteiger partial charge >= 0.3 is 0 Å². The average molecular weight is 342 g/mol. The minimum absolute atomic E-state index is 0.224. The first kappa shape index (κ1) is 17.3. The molecule has 0 radical (unpaired) electrons. The van der Waals surface area contributed by atoms with Crippen molar-refractivity contribution in [2.45, 2.75) is 20.4 Å². The molecular formula is C18H26N6O. The number of nitrogens with zero attached hydrogens (tertiary/aromatic N) is 4. The molecule has 134 valence electrons. The van der Waals surface area contributed by atoms with Crippen LogP contribution in [0.15, 0.2) is 18.2 Å². The van der Waals surface area contributed by atoms with E-state index in [9.17, 15) is 0 Å². The van der Waals surface area contributed by atoms with E-state index in [1.165, 1.54) is 16.7 Å². The Hall–Kier alpha value is -2.54. The van der Waals surface area contributed by atoms with Crippen LogP contribution in [0.5, 0.6) is 5.75 Å². The zero-order valence-corrected chi connectivity index (χ0v) is 15.1. The Kier molecular flexibility index (Phi) is 4.94. The zero-order valence-electron chi connectivity index (χ0n) is 15.1. The lowest BCUT2D eigenvalue weighted by atomic mass is 10.0. The summed E-state index contributed by atoms with van der Waals surface area (Å²) in [4.78, 5) is 12.9. The molecule has 0 aliphatic carbocycles. The minimum atomic E-state index is 0.224. The first-order valence-electron chi connectivity index (χ1n) is 8.47. The van der Waals surface area contributed by atoms with E-state index in [0.29, 0.717) is 5.82 Å². The summed E-state index contributed by atoms with van der Waals surface area (Å²) in [7, 11) is 1.72. The predicted molar refractivity (Wildman–Crippen MR) is 101 cm³/mol. The Balaban J connectivity index is 1.64. The molecule has 1 aromatic carbocycles. The summed E-state index contributed by atoms with van der Waals surface area (Å²) in [5, 5.41) is 0. The summed E-state index contributed by atoms with van der Waals surface area (Å²) in [6, 6.07) is 6.13. The SMILES string of the molecule is COc1cc(C)c(CN2CCN(c3cc(N)nc(N)n3)CC2)cc1C. The molecule has 0 spiro atoms. The fourth-order valence-corrected chi connectivity index (χ4v) is 3.25. The van der Waals surface area contributed by atoms with Crippen LogP contribution in [0.3, 0.4) is 0 Å². The molecule has 0 atom stereocenters. The van der Waals surface area contributed by atoms with Crippen molar-refractivity contribution in [2.24, 2.45) is 0 Å². The average Bonchev–Trinajstić information content (AvgIpc) is 2.57. The van der Waals surface area contributed by atoms with Gasteiger partial charge in [0.15, 0.2) is 0 Å². The molecule has 4 N–H and O–H groups in total. The monoisotopic (exact) mass is 342 g/mol. The zero-order chi connectivity index (χ0) is 18.0. The standard InChI is InChI=1S/C18H26N6O/c1-12-9-15(25-3)13(2)8-14(12)11-23-4-6-24(7-5-23)17-10-16(19)21-18(20)22-17/h8-10H,4-7,11H2,1-3H3,(H4,19,20,21,22). The summed E-state index contributed by atoms with van der Waals surface area (Å²) in [5.74, 6) is 2.39. The molecule has 7 heteroatoms. The fourth-order valence-electron chi connectivity index (χ4n) is 3.25. The van der Waals surface area contributed by atoms with Crippen molar-refractivity contribution in [1.82, 2.24) is 14.9 Å². The lowest BCUT2D eigenvalue weighted by Crippen LogP contribution is -2.46. The van der Waals surface area contributed by atoms with E-state index in [0.717, 1.165) is 44.3 Å². The van der Waals surface area contributed by atoms with E-state index in [1.54, 1.807) is 13.2 Å². The largest absolute Gasteiger partial charge is 0.496 e. The number of methoxy groups -OCH3 is 1. The smallest absolute Gasteiger partial charge is 0.223 e. The van der Waals surface area contributed by atoms with Gasteiger partial charge in [-0.05, 0) is 36.6 Å². The number of piperazine rings is 1. The highest BCUT2D eigenvalue weighted by molar-refractivity contribution is 5.50. The van der Waals surface area contributed by atoms with Crippen LogP contribution >= 0.6 is 0 Å². The molecule has 0 saturated carbocycles. The molecule has 1 aliphatic rings. The second kappa shape index (κ2) is 7.14. The van der Waals surface area contributed by atoms with Crippen molar-refractivity contribution in [2.75, 3.05) is 49.7 Å². The first-order chi connectivity index (χ1) is 12.0. The van der Waals surface area contributed by atoms with Crippen LogP contribution < -0.4 is 21.1 Å². The quantitative estimate of drug-likeness (QED) is 0.871. The Morgan fingerprint density at radius 3 is 2.36 bits per heavy atom. The molecule has 1 fully saturated rings. The maximum Gasteiger partial charge on any atom is 0.223 e. The molecule has 1 saturated heterocycles. The van der Waals surface area contributed by atoms with Gasteiger partial charge in [-0.3, -0.25) is 4.90 Å². The first-order valence-corrected chi connectivity index (χ1v) is 8.47. The number of hydrogen-bond donors (Lipinski definition) is 2. The summed E-state index contributed by atoms with van der Waals surface area (Å²) in [6.07, 6.45) is 0. The van der Waals surface area contributed by atoms with E-state index >= 15 is 0 Å². The topological polar surface area (TPSA) is 93.5 Å². The van der Waals surface area contributed by atoms with Gasteiger partial charge in [0.2, 0.25) is 5.95 Å². The molecule has 2 aromatic rings. The number of benzene rings is 1. The molecule has 2 heterocycles. The van der Waals surface area contributed by atoms with E-state index < -0.39 is 0 Å².